The Morgan fingerprint density at radius 3 is 2.96 bits per heavy atom. The lowest BCUT2D eigenvalue weighted by Crippen LogP contribution is -2.23. The molecular weight excluding hydrogens is 288 g/mol. The van der Waals surface area contributed by atoms with Gasteiger partial charge in [-0.05, 0) is 43.0 Å². The summed E-state index contributed by atoms with van der Waals surface area (Å²) in [5.74, 6) is 2.59. The zero-order valence-electron chi connectivity index (χ0n) is 13.0. The highest BCUT2D eigenvalue weighted by Gasteiger charge is 2.26. The average Bonchev–Trinajstić information content (AvgIpc) is 3.35. The number of amides is 1. The average molecular weight is 308 g/mol. The van der Waals surface area contributed by atoms with Crippen molar-refractivity contribution in [2.24, 2.45) is 0 Å². The van der Waals surface area contributed by atoms with Crippen molar-refractivity contribution in [3.63, 3.8) is 0 Å². The number of carbonyl (C=O) groups excluding carboxylic acids is 1. The van der Waals surface area contributed by atoms with Gasteiger partial charge < -0.3 is 10.2 Å². The first-order valence-electron chi connectivity index (χ1n) is 8.26. The Bertz CT molecular complexity index is 726. The Balaban J connectivity index is 1.44. The van der Waals surface area contributed by atoms with Crippen LogP contribution in [0.15, 0.2) is 36.5 Å². The van der Waals surface area contributed by atoms with Crippen LogP contribution in [0.2, 0.25) is 0 Å². The highest BCUT2D eigenvalue weighted by Crippen LogP contribution is 2.38. The Kier molecular flexibility index (Phi) is 3.69. The van der Waals surface area contributed by atoms with Crippen LogP contribution in [0, 0.1) is 0 Å². The summed E-state index contributed by atoms with van der Waals surface area (Å²) in [5, 5.41) is 3.36. The van der Waals surface area contributed by atoms with Crippen molar-refractivity contribution < 1.29 is 4.79 Å². The van der Waals surface area contributed by atoms with Crippen LogP contribution in [-0.4, -0.2) is 22.4 Å². The van der Waals surface area contributed by atoms with E-state index in [2.05, 4.69) is 27.4 Å². The van der Waals surface area contributed by atoms with Crippen LogP contribution in [-0.2, 0) is 11.3 Å². The molecule has 5 heteroatoms. The van der Waals surface area contributed by atoms with Gasteiger partial charge in [0.2, 0.25) is 5.91 Å². The highest BCUT2D eigenvalue weighted by molar-refractivity contribution is 5.95. The van der Waals surface area contributed by atoms with Gasteiger partial charge >= 0.3 is 0 Å². The Labute approximate surface area is 135 Å². The molecule has 2 aromatic rings. The molecule has 0 atom stereocenters. The molecule has 0 bridgehead atoms. The number of benzene rings is 1. The summed E-state index contributed by atoms with van der Waals surface area (Å²) in [6.07, 6.45) is 5.84. The standard InChI is InChI=1S/C18H20N4O/c23-17-5-2-10-22(17)15-4-1-3-13(11-15)12-20-16-8-9-19-18(21-16)14-6-7-14/h1,3-4,8-9,11,14H,2,5-7,10,12H2,(H,19,20,21). The maximum Gasteiger partial charge on any atom is 0.227 e. The molecule has 1 aromatic carbocycles. The molecule has 2 heterocycles. The molecule has 2 aliphatic rings. The third-order valence-corrected chi connectivity index (χ3v) is 4.39. The summed E-state index contributed by atoms with van der Waals surface area (Å²) in [6, 6.07) is 10.1. The Morgan fingerprint density at radius 1 is 1.26 bits per heavy atom. The highest BCUT2D eigenvalue weighted by atomic mass is 16.2. The molecule has 0 spiro atoms. The monoisotopic (exact) mass is 308 g/mol. The van der Waals surface area contributed by atoms with Gasteiger partial charge in [0.05, 0.1) is 0 Å². The molecule has 0 unspecified atom stereocenters. The fourth-order valence-electron chi connectivity index (χ4n) is 2.96. The zero-order valence-corrected chi connectivity index (χ0v) is 13.0. The van der Waals surface area contributed by atoms with E-state index in [1.165, 1.54) is 12.8 Å². The smallest absolute Gasteiger partial charge is 0.227 e. The number of nitrogens with zero attached hydrogens (tertiary/aromatic N) is 3. The molecule has 1 aliphatic heterocycles. The second-order valence-electron chi connectivity index (χ2n) is 6.25. The van der Waals surface area contributed by atoms with E-state index < -0.39 is 0 Å². The summed E-state index contributed by atoms with van der Waals surface area (Å²) < 4.78 is 0. The minimum atomic E-state index is 0.222. The summed E-state index contributed by atoms with van der Waals surface area (Å²) >= 11 is 0. The molecule has 118 valence electrons. The van der Waals surface area contributed by atoms with Gasteiger partial charge in [-0.3, -0.25) is 4.79 Å². The molecule has 5 nitrogen and oxygen atoms in total. The second-order valence-corrected chi connectivity index (χ2v) is 6.25. The fourth-order valence-corrected chi connectivity index (χ4v) is 2.96. The van der Waals surface area contributed by atoms with Gasteiger partial charge in [0.1, 0.15) is 11.6 Å². The zero-order chi connectivity index (χ0) is 15.6. The van der Waals surface area contributed by atoms with E-state index in [4.69, 9.17) is 0 Å². The number of anilines is 2. The lowest BCUT2D eigenvalue weighted by atomic mass is 10.2. The summed E-state index contributed by atoms with van der Waals surface area (Å²) in [6.45, 7) is 1.52. The topological polar surface area (TPSA) is 58.1 Å². The molecule has 1 saturated carbocycles. The number of hydrogen-bond donors (Lipinski definition) is 1. The van der Waals surface area contributed by atoms with Gasteiger partial charge in [-0.15, -0.1) is 0 Å². The van der Waals surface area contributed by atoms with Crippen LogP contribution in [0.5, 0.6) is 0 Å². The van der Waals surface area contributed by atoms with Crippen molar-refractivity contribution in [1.29, 1.82) is 0 Å². The van der Waals surface area contributed by atoms with Gasteiger partial charge in [-0.25, -0.2) is 9.97 Å². The molecule has 1 amide bonds. The van der Waals surface area contributed by atoms with Crippen molar-refractivity contribution in [2.45, 2.75) is 38.1 Å². The molecule has 0 radical (unpaired) electrons. The van der Waals surface area contributed by atoms with Gasteiger partial charge in [0.25, 0.3) is 0 Å². The SMILES string of the molecule is O=C1CCCN1c1cccc(CNc2ccnc(C3CC3)n2)c1. The number of rotatable bonds is 5. The minimum absolute atomic E-state index is 0.222. The molecule has 1 saturated heterocycles. The number of nitrogens with one attached hydrogen (secondary N) is 1. The molecule has 4 rings (SSSR count). The first-order chi connectivity index (χ1) is 11.3. The third kappa shape index (κ3) is 3.18. The van der Waals surface area contributed by atoms with E-state index in [0.29, 0.717) is 18.9 Å². The van der Waals surface area contributed by atoms with Crippen LogP contribution in [0.3, 0.4) is 0 Å². The molecule has 2 fully saturated rings. The van der Waals surface area contributed by atoms with Crippen LogP contribution in [0.4, 0.5) is 11.5 Å². The number of aromatic nitrogens is 2. The van der Waals surface area contributed by atoms with Gasteiger partial charge in [-0.1, -0.05) is 12.1 Å². The van der Waals surface area contributed by atoms with E-state index in [-0.39, 0.29) is 5.91 Å². The molecule has 1 N–H and O–H groups in total. The lowest BCUT2D eigenvalue weighted by molar-refractivity contribution is -0.117. The number of hydrogen-bond acceptors (Lipinski definition) is 4. The maximum absolute atomic E-state index is 11.9. The van der Waals surface area contributed by atoms with Crippen molar-refractivity contribution in [3.05, 3.63) is 47.9 Å². The number of carbonyl (C=O) groups is 1. The minimum Gasteiger partial charge on any atom is -0.366 e. The fraction of sp³-hybridized carbons (Fsp3) is 0.389. The lowest BCUT2D eigenvalue weighted by Gasteiger charge is -2.16. The largest absolute Gasteiger partial charge is 0.366 e. The predicted octanol–water partition coefficient (Wildman–Crippen LogP) is 3.09. The van der Waals surface area contributed by atoms with Gasteiger partial charge in [-0.2, -0.15) is 0 Å². The first kappa shape index (κ1) is 14.2. The van der Waals surface area contributed by atoms with E-state index in [9.17, 15) is 4.79 Å². The Hall–Kier alpha value is -2.43. The molecule has 1 aliphatic carbocycles. The van der Waals surface area contributed by atoms with Crippen LogP contribution < -0.4 is 10.2 Å². The third-order valence-electron chi connectivity index (χ3n) is 4.39. The summed E-state index contributed by atoms with van der Waals surface area (Å²) in [5.41, 5.74) is 2.14. The van der Waals surface area contributed by atoms with Crippen molar-refractivity contribution in [2.75, 3.05) is 16.8 Å². The maximum atomic E-state index is 11.9. The summed E-state index contributed by atoms with van der Waals surface area (Å²) in [7, 11) is 0. The van der Waals surface area contributed by atoms with Crippen molar-refractivity contribution >= 4 is 17.4 Å². The first-order valence-corrected chi connectivity index (χ1v) is 8.26. The van der Waals surface area contributed by atoms with Gasteiger partial charge in [0.15, 0.2) is 0 Å². The molecule has 1 aromatic heterocycles. The van der Waals surface area contributed by atoms with E-state index >= 15 is 0 Å². The van der Waals surface area contributed by atoms with E-state index in [1.807, 2.05) is 29.3 Å². The molecular formula is C18H20N4O. The predicted molar refractivity (Wildman–Crippen MR) is 89.4 cm³/mol. The molecule has 23 heavy (non-hydrogen) atoms. The Morgan fingerprint density at radius 2 is 2.17 bits per heavy atom. The van der Waals surface area contributed by atoms with Crippen LogP contribution in [0.25, 0.3) is 0 Å². The normalized spacial score (nSPS) is 17.6. The summed E-state index contributed by atoms with van der Waals surface area (Å²) in [4.78, 5) is 22.7. The second kappa shape index (κ2) is 5.99. The van der Waals surface area contributed by atoms with Gasteiger partial charge in [0, 0.05) is 37.3 Å². The van der Waals surface area contributed by atoms with Crippen LogP contribution >= 0.6 is 0 Å². The van der Waals surface area contributed by atoms with E-state index in [0.717, 1.165) is 35.9 Å². The van der Waals surface area contributed by atoms with Crippen molar-refractivity contribution in [1.82, 2.24) is 9.97 Å². The quantitative estimate of drug-likeness (QED) is 0.922. The van der Waals surface area contributed by atoms with E-state index in [1.54, 1.807) is 0 Å². The van der Waals surface area contributed by atoms with Crippen LogP contribution in [0.1, 0.15) is 43.0 Å². The van der Waals surface area contributed by atoms with Crippen molar-refractivity contribution in [3.8, 4) is 0 Å².